The molecule has 10 heavy (non-hydrogen) atoms. The molecule has 4 nitrogen and oxygen atoms in total. The van der Waals surface area contributed by atoms with E-state index in [1.165, 1.54) is 16.9 Å². The summed E-state index contributed by atoms with van der Waals surface area (Å²) in [6.45, 7) is 1.68. The minimum atomic E-state index is -0.404. The van der Waals surface area contributed by atoms with Gasteiger partial charge in [-0.05, 0) is 6.92 Å². The lowest BCUT2D eigenvalue weighted by molar-refractivity contribution is 0.464. The van der Waals surface area contributed by atoms with Crippen molar-refractivity contribution in [3.63, 3.8) is 0 Å². The Morgan fingerprint density at radius 1 is 1.70 bits per heavy atom. The number of aromatic nitrogens is 1. The molecule has 0 saturated carbocycles. The number of pyridine rings is 1. The maximum Gasteiger partial charge on any atom is 0.223 e. The fourth-order valence-corrected chi connectivity index (χ4v) is 0.635. The third kappa shape index (κ3) is 0.953. The number of aromatic hydroxyl groups is 1. The van der Waals surface area contributed by atoms with Crippen molar-refractivity contribution in [3.8, 4) is 5.75 Å². The molecule has 0 aliphatic rings. The summed E-state index contributed by atoms with van der Waals surface area (Å²) in [7, 11) is 0. The Bertz CT molecular complexity index is 303. The molecule has 0 atom stereocenters. The summed E-state index contributed by atoms with van der Waals surface area (Å²) in [5.74, 6) is 4.98. The molecule has 1 aromatic heterocycles. The highest BCUT2D eigenvalue weighted by Crippen LogP contribution is 1.98. The molecule has 0 aliphatic heterocycles. The van der Waals surface area contributed by atoms with E-state index in [-0.39, 0.29) is 5.75 Å². The van der Waals surface area contributed by atoms with E-state index in [0.717, 1.165) is 0 Å². The molecule has 0 aliphatic carbocycles. The minimum Gasteiger partial charge on any atom is -0.503 e. The molecular weight excluding hydrogens is 132 g/mol. The number of hydrogen-bond acceptors (Lipinski definition) is 3. The van der Waals surface area contributed by atoms with Crippen LogP contribution in [0.2, 0.25) is 0 Å². The lowest BCUT2D eigenvalue weighted by atomic mass is 10.3. The number of nitrogens with two attached hydrogens (primary N) is 1. The predicted molar refractivity (Wildman–Crippen MR) is 37.3 cm³/mol. The molecule has 0 saturated heterocycles. The zero-order chi connectivity index (χ0) is 7.72. The van der Waals surface area contributed by atoms with Gasteiger partial charge in [-0.1, -0.05) is 0 Å². The quantitative estimate of drug-likeness (QED) is 0.481. The first-order valence-corrected chi connectivity index (χ1v) is 2.78. The van der Waals surface area contributed by atoms with Gasteiger partial charge in [-0.2, -0.15) is 0 Å². The van der Waals surface area contributed by atoms with Crippen LogP contribution in [0, 0.1) is 6.92 Å². The van der Waals surface area contributed by atoms with E-state index in [2.05, 4.69) is 0 Å². The number of nitrogens with zero attached hydrogens (tertiary/aromatic N) is 1. The van der Waals surface area contributed by atoms with Gasteiger partial charge in [-0.3, -0.25) is 9.47 Å². The highest BCUT2D eigenvalue weighted by Gasteiger charge is 1.97. The van der Waals surface area contributed by atoms with Crippen molar-refractivity contribution < 1.29 is 5.11 Å². The Morgan fingerprint density at radius 2 is 2.30 bits per heavy atom. The maximum atomic E-state index is 10.7. The monoisotopic (exact) mass is 140 g/mol. The second kappa shape index (κ2) is 2.06. The Labute approximate surface area is 57.5 Å². The molecule has 1 aromatic rings. The number of nitrogen functional groups attached to an aromatic ring is 1. The molecule has 4 heteroatoms. The Balaban J connectivity index is 3.43. The summed E-state index contributed by atoms with van der Waals surface area (Å²) in [6.07, 6.45) is 1.18. The van der Waals surface area contributed by atoms with Crippen molar-refractivity contribution in [3.05, 3.63) is 28.2 Å². The molecule has 0 unspecified atom stereocenters. The van der Waals surface area contributed by atoms with Gasteiger partial charge in [0.1, 0.15) is 0 Å². The van der Waals surface area contributed by atoms with E-state index in [1.807, 2.05) is 0 Å². The van der Waals surface area contributed by atoms with Gasteiger partial charge in [-0.25, -0.2) is 0 Å². The van der Waals surface area contributed by atoms with Crippen LogP contribution in [0.1, 0.15) is 5.69 Å². The van der Waals surface area contributed by atoms with Crippen molar-refractivity contribution in [2.24, 2.45) is 0 Å². The third-order valence-electron chi connectivity index (χ3n) is 1.26. The average Bonchev–Trinajstić information content (AvgIpc) is 1.84. The first-order valence-electron chi connectivity index (χ1n) is 2.78. The smallest absolute Gasteiger partial charge is 0.223 e. The summed E-state index contributed by atoms with van der Waals surface area (Å²) in [5, 5.41) is 8.81. The first kappa shape index (κ1) is 6.67. The Kier molecular flexibility index (Phi) is 1.37. The van der Waals surface area contributed by atoms with Crippen molar-refractivity contribution >= 4 is 0 Å². The van der Waals surface area contributed by atoms with Crippen molar-refractivity contribution in [1.82, 2.24) is 4.68 Å². The van der Waals surface area contributed by atoms with Crippen molar-refractivity contribution in [2.45, 2.75) is 6.92 Å². The standard InChI is InChI=1S/C6H8N2O2/c1-4-2-5(9)6(10)3-8(4)7/h2-3,10H,7H2,1H3. The lowest BCUT2D eigenvalue weighted by Gasteiger charge is -2.01. The second-order valence-electron chi connectivity index (χ2n) is 2.07. The van der Waals surface area contributed by atoms with E-state index < -0.39 is 5.43 Å². The number of hydrogen-bond donors (Lipinski definition) is 2. The van der Waals surface area contributed by atoms with Gasteiger partial charge in [0.05, 0.1) is 6.20 Å². The van der Waals surface area contributed by atoms with E-state index in [1.54, 1.807) is 6.92 Å². The topological polar surface area (TPSA) is 68.2 Å². The van der Waals surface area contributed by atoms with E-state index in [4.69, 9.17) is 10.9 Å². The highest BCUT2D eigenvalue weighted by molar-refractivity contribution is 5.19. The summed E-state index contributed by atoms with van der Waals surface area (Å²) in [5.41, 5.74) is 0.210. The summed E-state index contributed by atoms with van der Waals surface area (Å²) in [6, 6.07) is 1.27. The average molecular weight is 140 g/mol. The van der Waals surface area contributed by atoms with Gasteiger partial charge in [0.2, 0.25) is 5.43 Å². The third-order valence-corrected chi connectivity index (χ3v) is 1.26. The molecule has 0 amide bonds. The molecule has 0 radical (unpaired) electrons. The highest BCUT2D eigenvalue weighted by atomic mass is 16.3. The normalized spacial score (nSPS) is 9.70. The predicted octanol–water partition coefficient (Wildman–Crippen LogP) is -0.424. The molecule has 0 spiro atoms. The van der Waals surface area contributed by atoms with Gasteiger partial charge in [0.25, 0.3) is 0 Å². The SMILES string of the molecule is Cc1cc(=O)c(O)cn1N. The van der Waals surface area contributed by atoms with E-state index in [9.17, 15) is 4.79 Å². The maximum absolute atomic E-state index is 10.7. The molecule has 1 rings (SSSR count). The van der Waals surface area contributed by atoms with Gasteiger partial charge in [-0.15, -0.1) is 0 Å². The zero-order valence-electron chi connectivity index (χ0n) is 5.53. The second-order valence-corrected chi connectivity index (χ2v) is 2.07. The Morgan fingerprint density at radius 3 is 2.80 bits per heavy atom. The van der Waals surface area contributed by atoms with E-state index >= 15 is 0 Å². The fourth-order valence-electron chi connectivity index (χ4n) is 0.635. The van der Waals surface area contributed by atoms with Gasteiger partial charge < -0.3 is 10.9 Å². The van der Waals surface area contributed by atoms with Gasteiger partial charge >= 0.3 is 0 Å². The molecule has 1 heterocycles. The van der Waals surface area contributed by atoms with Gasteiger partial charge in [0.15, 0.2) is 5.75 Å². The summed E-state index contributed by atoms with van der Waals surface area (Å²) < 4.78 is 1.19. The van der Waals surface area contributed by atoms with Crippen LogP contribution in [0.4, 0.5) is 0 Å². The minimum absolute atomic E-state index is 0.326. The van der Waals surface area contributed by atoms with Crippen LogP contribution in [0.3, 0.4) is 0 Å². The molecule has 0 bridgehead atoms. The summed E-state index contributed by atoms with van der Waals surface area (Å²) in [4.78, 5) is 10.7. The first-order chi connectivity index (χ1) is 4.61. The van der Waals surface area contributed by atoms with Crippen LogP contribution >= 0.6 is 0 Å². The summed E-state index contributed by atoms with van der Waals surface area (Å²) >= 11 is 0. The zero-order valence-corrected chi connectivity index (χ0v) is 5.53. The van der Waals surface area contributed by atoms with Crippen LogP contribution in [0.15, 0.2) is 17.1 Å². The largest absolute Gasteiger partial charge is 0.503 e. The van der Waals surface area contributed by atoms with E-state index in [0.29, 0.717) is 5.69 Å². The van der Waals surface area contributed by atoms with Crippen LogP contribution < -0.4 is 11.3 Å². The molecule has 0 aromatic carbocycles. The van der Waals surface area contributed by atoms with Gasteiger partial charge in [0, 0.05) is 11.8 Å². The fraction of sp³-hybridized carbons (Fsp3) is 0.167. The van der Waals surface area contributed by atoms with Crippen molar-refractivity contribution in [2.75, 3.05) is 5.84 Å². The Hall–Kier alpha value is -1.45. The molecule has 54 valence electrons. The van der Waals surface area contributed by atoms with Crippen LogP contribution in [0.5, 0.6) is 5.75 Å². The van der Waals surface area contributed by atoms with Crippen molar-refractivity contribution in [1.29, 1.82) is 0 Å². The molecule has 0 fully saturated rings. The van der Waals surface area contributed by atoms with Crippen LogP contribution in [0.25, 0.3) is 0 Å². The molecule has 3 N–H and O–H groups in total. The lowest BCUT2D eigenvalue weighted by Crippen LogP contribution is -2.15. The van der Waals surface area contributed by atoms with Crippen LogP contribution in [-0.2, 0) is 0 Å². The van der Waals surface area contributed by atoms with Crippen LogP contribution in [-0.4, -0.2) is 9.78 Å². The number of aryl methyl sites for hydroxylation is 1. The molecular formula is C6H8N2O2. The number of rotatable bonds is 0.